The van der Waals surface area contributed by atoms with Crippen molar-refractivity contribution < 1.29 is 0 Å². The van der Waals surface area contributed by atoms with Gasteiger partial charge < -0.3 is 5.41 Å². The van der Waals surface area contributed by atoms with Gasteiger partial charge in [-0.2, -0.15) is 0 Å². The first-order valence-electron chi connectivity index (χ1n) is 3.39. The van der Waals surface area contributed by atoms with E-state index in [1.807, 2.05) is 6.08 Å². The van der Waals surface area contributed by atoms with Crippen LogP contribution in [-0.2, 0) is 0 Å². The average Bonchev–Trinajstić information content (AvgIpc) is 1.63. The standard InChI is InChI=1S/C8H15N/c1-4-5-7(2)6-8(3)9/h6,9H,4-5H2,1-3H3/b7-6+,9-8?. The summed E-state index contributed by atoms with van der Waals surface area (Å²) in [4.78, 5) is 0. The van der Waals surface area contributed by atoms with E-state index in [2.05, 4.69) is 13.8 Å². The molecule has 0 aliphatic heterocycles. The molecule has 0 aromatic carbocycles. The molecule has 0 fully saturated rings. The van der Waals surface area contributed by atoms with E-state index < -0.39 is 0 Å². The second-order valence-electron chi connectivity index (χ2n) is 2.42. The van der Waals surface area contributed by atoms with E-state index in [1.165, 1.54) is 12.0 Å². The van der Waals surface area contributed by atoms with Gasteiger partial charge in [-0.3, -0.25) is 0 Å². The summed E-state index contributed by atoms with van der Waals surface area (Å²) in [6.45, 7) is 6.03. The van der Waals surface area contributed by atoms with Gasteiger partial charge in [0.2, 0.25) is 0 Å². The van der Waals surface area contributed by atoms with E-state index in [0.29, 0.717) is 5.71 Å². The summed E-state index contributed by atoms with van der Waals surface area (Å²) in [5.41, 5.74) is 1.96. The van der Waals surface area contributed by atoms with Gasteiger partial charge in [-0.15, -0.1) is 0 Å². The van der Waals surface area contributed by atoms with Crippen molar-refractivity contribution in [3.63, 3.8) is 0 Å². The fourth-order valence-electron chi connectivity index (χ4n) is 0.836. The van der Waals surface area contributed by atoms with Gasteiger partial charge in [-0.1, -0.05) is 18.9 Å². The van der Waals surface area contributed by atoms with E-state index in [0.717, 1.165) is 6.42 Å². The number of hydrogen-bond acceptors (Lipinski definition) is 1. The average molecular weight is 125 g/mol. The Kier molecular flexibility index (Phi) is 4.02. The highest BCUT2D eigenvalue weighted by Crippen LogP contribution is 2.01. The lowest BCUT2D eigenvalue weighted by Crippen LogP contribution is -1.83. The zero-order valence-electron chi connectivity index (χ0n) is 6.49. The molecule has 0 heterocycles. The van der Waals surface area contributed by atoms with Crippen molar-refractivity contribution in [3.05, 3.63) is 11.6 Å². The maximum absolute atomic E-state index is 7.13. The van der Waals surface area contributed by atoms with Crippen LogP contribution in [0, 0.1) is 5.41 Å². The van der Waals surface area contributed by atoms with Crippen LogP contribution in [0.1, 0.15) is 33.6 Å². The Morgan fingerprint density at radius 2 is 2.00 bits per heavy atom. The maximum atomic E-state index is 7.13. The number of rotatable bonds is 3. The third-order valence-electron chi connectivity index (χ3n) is 1.11. The third kappa shape index (κ3) is 5.28. The molecule has 0 rings (SSSR count). The molecule has 0 unspecified atom stereocenters. The molecule has 1 nitrogen and oxygen atoms in total. The van der Waals surface area contributed by atoms with Crippen LogP contribution in [0.5, 0.6) is 0 Å². The predicted octanol–water partition coefficient (Wildman–Crippen LogP) is 2.77. The molecular weight excluding hydrogens is 110 g/mol. The van der Waals surface area contributed by atoms with Crippen LogP contribution in [-0.4, -0.2) is 5.71 Å². The Morgan fingerprint density at radius 3 is 2.33 bits per heavy atom. The van der Waals surface area contributed by atoms with Crippen molar-refractivity contribution >= 4 is 5.71 Å². The van der Waals surface area contributed by atoms with Crippen molar-refractivity contribution in [2.45, 2.75) is 33.6 Å². The molecule has 0 aliphatic carbocycles. The second kappa shape index (κ2) is 4.30. The quantitative estimate of drug-likeness (QED) is 0.561. The normalized spacial score (nSPS) is 11.7. The molecule has 0 amide bonds. The SMILES string of the molecule is CCC/C(C)=C/C(C)=N. The first-order valence-corrected chi connectivity index (χ1v) is 3.39. The molecule has 0 bridgehead atoms. The van der Waals surface area contributed by atoms with Crippen LogP contribution < -0.4 is 0 Å². The van der Waals surface area contributed by atoms with E-state index in [9.17, 15) is 0 Å². The Labute approximate surface area is 57.3 Å². The molecule has 1 N–H and O–H groups in total. The predicted molar refractivity (Wildman–Crippen MR) is 42.1 cm³/mol. The molecule has 9 heavy (non-hydrogen) atoms. The largest absolute Gasteiger partial charge is 0.306 e. The lowest BCUT2D eigenvalue weighted by atomic mass is 10.1. The van der Waals surface area contributed by atoms with Gasteiger partial charge >= 0.3 is 0 Å². The van der Waals surface area contributed by atoms with Gasteiger partial charge in [0.1, 0.15) is 0 Å². The molecule has 0 spiro atoms. The molecule has 0 aromatic heterocycles. The molecule has 0 aliphatic rings. The summed E-state index contributed by atoms with van der Waals surface area (Å²) in [6, 6.07) is 0. The smallest absolute Gasteiger partial charge is 0.0282 e. The minimum atomic E-state index is 0.654. The van der Waals surface area contributed by atoms with Gasteiger partial charge in [-0.05, 0) is 26.3 Å². The van der Waals surface area contributed by atoms with Crippen LogP contribution >= 0.6 is 0 Å². The summed E-state index contributed by atoms with van der Waals surface area (Å²) in [5.74, 6) is 0. The van der Waals surface area contributed by atoms with Gasteiger partial charge in [0.15, 0.2) is 0 Å². The van der Waals surface area contributed by atoms with Gasteiger partial charge in [0, 0.05) is 5.71 Å². The minimum Gasteiger partial charge on any atom is -0.306 e. The third-order valence-corrected chi connectivity index (χ3v) is 1.11. The molecule has 0 aromatic rings. The Hall–Kier alpha value is -0.590. The molecular formula is C8H15N. The van der Waals surface area contributed by atoms with Gasteiger partial charge in [0.25, 0.3) is 0 Å². The topological polar surface area (TPSA) is 23.9 Å². The number of nitrogens with one attached hydrogen (secondary N) is 1. The molecule has 1 heteroatoms. The van der Waals surface area contributed by atoms with Crippen molar-refractivity contribution in [2.75, 3.05) is 0 Å². The Bertz CT molecular complexity index is 123. The Balaban J connectivity index is 3.69. The highest BCUT2D eigenvalue weighted by molar-refractivity contribution is 5.90. The molecule has 0 atom stereocenters. The molecule has 0 saturated carbocycles. The van der Waals surface area contributed by atoms with Gasteiger partial charge in [0.05, 0.1) is 0 Å². The maximum Gasteiger partial charge on any atom is 0.0282 e. The number of allylic oxidation sites excluding steroid dienone is 2. The molecule has 0 radical (unpaired) electrons. The van der Waals surface area contributed by atoms with Crippen LogP contribution in [0.15, 0.2) is 11.6 Å². The van der Waals surface area contributed by atoms with Crippen LogP contribution in [0.3, 0.4) is 0 Å². The summed E-state index contributed by atoms with van der Waals surface area (Å²) in [5, 5.41) is 7.13. The van der Waals surface area contributed by atoms with Crippen LogP contribution in [0.4, 0.5) is 0 Å². The lowest BCUT2D eigenvalue weighted by molar-refractivity contribution is 0.906. The summed E-state index contributed by atoms with van der Waals surface area (Å²) in [6.07, 6.45) is 4.22. The van der Waals surface area contributed by atoms with Gasteiger partial charge in [-0.25, -0.2) is 0 Å². The number of hydrogen-bond donors (Lipinski definition) is 1. The summed E-state index contributed by atoms with van der Waals surface area (Å²) >= 11 is 0. The first kappa shape index (κ1) is 8.41. The van der Waals surface area contributed by atoms with Crippen molar-refractivity contribution in [1.82, 2.24) is 0 Å². The highest BCUT2D eigenvalue weighted by Gasteiger charge is 1.85. The highest BCUT2D eigenvalue weighted by atomic mass is 14.4. The van der Waals surface area contributed by atoms with Crippen molar-refractivity contribution in [2.24, 2.45) is 0 Å². The van der Waals surface area contributed by atoms with Crippen molar-refractivity contribution in [3.8, 4) is 0 Å². The zero-order valence-corrected chi connectivity index (χ0v) is 6.49. The van der Waals surface area contributed by atoms with Crippen LogP contribution in [0.25, 0.3) is 0 Å². The van der Waals surface area contributed by atoms with E-state index in [-0.39, 0.29) is 0 Å². The minimum absolute atomic E-state index is 0.654. The first-order chi connectivity index (χ1) is 4.16. The fourth-order valence-corrected chi connectivity index (χ4v) is 0.836. The molecule has 0 saturated heterocycles. The fraction of sp³-hybridized carbons (Fsp3) is 0.625. The van der Waals surface area contributed by atoms with Crippen molar-refractivity contribution in [1.29, 1.82) is 5.41 Å². The van der Waals surface area contributed by atoms with E-state index in [4.69, 9.17) is 5.41 Å². The summed E-state index contributed by atoms with van der Waals surface area (Å²) in [7, 11) is 0. The zero-order chi connectivity index (χ0) is 7.28. The Morgan fingerprint density at radius 1 is 1.44 bits per heavy atom. The molecule has 52 valence electrons. The summed E-state index contributed by atoms with van der Waals surface area (Å²) < 4.78 is 0. The van der Waals surface area contributed by atoms with E-state index in [1.54, 1.807) is 6.92 Å². The van der Waals surface area contributed by atoms with E-state index >= 15 is 0 Å². The van der Waals surface area contributed by atoms with Crippen LogP contribution in [0.2, 0.25) is 0 Å². The lowest BCUT2D eigenvalue weighted by Gasteiger charge is -1.94. The monoisotopic (exact) mass is 125 g/mol. The second-order valence-corrected chi connectivity index (χ2v) is 2.42.